The number of likely N-dealkylation sites (tertiary alicyclic amines) is 1. The second-order valence-electron chi connectivity index (χ2n) is 6.15. The lowest BCUT2D eigenvalue weighted by atomic mass is 10.1. The van der Waals surface area contributed by atoms with Crippen LogP contribution in [0, 0.1) is 0 Å². The number of carbonyl (C=O) groups excluding carboxylic acids is 1. The molecule has 2 saturated heterocycles. The van der Waals surface area contributed by atoms with Crippen molar-refractivity contribution in [2.75, 3.05) is 25.9 Å². The summed E-state index contributed by atoms with van der Waals surface area (Å²) >= 11 is 1.91. The molecule has 2 aliphatic heterocycles. The highest BCUT2D eigenvalue weighted by molar-refractivity contribution is 7.98. The van der Waals surface area contributed by atoms with E-state index < -0.39 is 0 Å². The maximum Gasteiger partial charge on any atom is 0.254 e. The molecule has 1 aromatic carbocycles. The molecule has 0 saturated carbocycles. The van der Waals surface area contributed by atoms with Gasteiger partial charge in [-0.3, -0.25) is 4.79 Å². The van der Waals surface area contributed by atoms with Crippen molar-refractivity contribution < 1.29 is 4.79 Å². The molecule has 0 aliphatic carbocycles. The summed E-state index contributed by atoms with van der Waals surface area (Å²) in [5.74, 6) is 2.39. The molecule has 3 rings (SSSR count). The quantitative estimate of drug-likeness (QED) is 0.854. The Hall–Kier alpha value is -1.00. The second kappa shape index (κ2) is 6.41. The van der Waals surface area contributed by atoms with Gasteiger partial charge in [0.05, 0.1) is 0 Å². The van der Waals surface area contributed by atoms with Crippen molar-refractivity contribution in [2.45, 2.75) is 37.6 Å². The number of hydrogen-bond acceptors (Lipinski definition) is 3. The molecule has 0 N–H and O–H groups in total. The first-order valence-corrected chi connectivity index (χ1v) is 9.02. The topological polar surface area (TPSA) is 23.6 Å². The summed E-state index contributed by atoms with van der Waals surface area (Å²) in [6.07, 6.45) is 2.32. The summed E-state index contributed by atoms with van der Waals surface area (Å²) in [6.45, 7) is 4.21. The van der Waals surface area contributed by atoms with E-state index >= 15 is 0 Å². The van der Waals surface area contributed by atoms with Crippen LogP contribution in [0.4, 0.5) is 0 Å². The highest BCUT2D eigenvalue weighted by atomic mass is 32.2. The first-order chi connectivity index (χ1) is 10.2. The van der Waals surface area contributed by atoms with Crippen LogP contribution in [-0.4, -0.2) is 53.7 Å². The number of hydrogen-bond donors (Lipinski definition) is 0. The van der Waals surface area contributed by atoms with Gasteiger partial charge in [0.2, 0.25) is 0 Å². The Labute approximate surface area is 131 Å². The number of piperazine rings is 1. The average Bonchev–Trinajstić information content (AvgIpc) is 2.77. The number of carbonyl (C=O) groups is 1. The molecule has 2 heterocycles. The van der Waals surface area contributed by atoms with Crippen LogP contribution in [0.5, 0.6) is 0 Å². The Balaban J connectivity index is 1.71. The molecule has 1 amide bonds. The standard InChI is InChI=1S/C17H24N2OS/c1-3-21-12-13-4-6-14(7-5-13)17(20)19-15-8-9-16(19)11-18(2)10-15/h4-7,15-16H,3,8-12H2,1-2H3/t15-,16-/m0/s1. The van der Waals surface area contributed by atoms with Crippen molar-refractivity contribution in [1.29, 1.82) is 0 Å². The molecule has 3 nitrogen and oxygen atoms in total. The van der Waals surface area contributed by atoms with E-state index in [9.17, 15) is 4.79 Å². The normalized spacial score (nSPS) is 25.3. The molecule has 0 spiro atoms. The molecule has 0 aromatic heterocycles. The minimum absolute atomic E-state index is 0.227. The van der Waals surface area contributed by atoms with E-state index in [1.165, 1.54) is 5.56 Å². The average molecular weight is 304 g/mol. The Bertz CT molecular complexity index is 488. The van der Waals surface area contributed by atoms with Gasteiger partial charge in [0.25, 0.3) is 5.91 Å². The summed E-state index contributed by atoms with van der Waals surface area (Å²) in [5, 5.41) is 0. The molecule has 2 aliphatic rings. The van der Waals surface area contributed by atoms with Crippen LogP contribution in [0.25, 0.3) is 0 Å². The van der Waals surface area contributed by atoms with E-state index in [-0.39, 0.29) is 5.91 Å². The van der Waals surface area contributed by atoms with E-state index in [2.05, 4.69) is 35.9 Å². The molecule has 4 heteroatoms. The van der Waals surface area contributed by atoms with Crippen LogP contribution < -0.4 is 0 Å². The molecule has 114 valence electrons. The Morgan fingerprint density at radius 2 is 1.81 bits per heavy atom. The third kappa shape index (κ3) is 3.11. The number of nitrogens with zero attached hydrogens (tertiary/aromatic N) is 2. The van der Waals surface area contributed by atoms with E-state index in [4.69, 9.17) is 0 Å². The van der Waals surface area contributed by atoms with Crippen molar-refractivity contribution in [1.82, 2.24) is 9.80 Å². The number of thioether (sulfide) groups is 1. The molecule has 0 unspecified atom stereocenters. The number of benzene rings is 1. The van der Waals surface area contributed by atoms with E-state index in [0.29, 0.717) is 12.1 Å². The van der Waals surface area contributed by atoms with Gasteiger partial charge in [-0.05, 0) is 43.3 Å². The Morgan fingerprint density at radius 3 is 2.38 bits per heavy atom. The highest BCUT2D eigenvalue weighted by Gasteiger charge is 2.41. The van der Waals surface area contributed by atoms with Gasteiger partial charge in [-0.1, -0.05) is 19.1 Å². The first-order valence-electron chi connectivity index (χ1n) is 7.87. The predicted molar refractivity (Wildman–Crippen MR) is 88.8 cm³/mol. The van der Waals surface area contributed by atoms with Crippen molar-refractivity contribution in [2.24, 2.45) is 0 Å². The van der Waals surface area contributed by atoms with Crippen molar-refractivity contribution >= 4 is 17.7 Å². The fourth-order valence-electron chi connectivity index (χ4n) is 3.56. The minimum atomic E-state index is 0.227. The lowest BCUT2D eigenvalue weighted by Gasteiger charge is -2.39. The van der Waals surface area contributed by atoms with Crippen LogP contribution in [0.1, 0.15) is 35.7 Å². The summed E-state index contributed by atoms with van der Waals surface area (Å²) in [4.78, 5) is 17.3. The van der Waals surface area contributed by atoms with Gasteiger partial charge in [0, 0.05) is 36.5 Å². The summed E-state index contributed by atoms with van der Waals surface area (Å²) in [7, 11) is 2.16. The van der Waals surface area contributed by atoms with Gasteiger partial charge in [0.15, 0.2) is 0 Å². The van der Waals surface area contributed by atoms with E-state index in [0.717, 1.165) is 43.0 Å². The Morgan fingerprint density at radius 1 is 1.19 bits per heavy atom. The molecular formula is C17H24N2OS. The van der Waals surface area contributed by atoms with Gasteiger partial charge in [0.1, 0.15) is 0 Å². The summed E-state index contributed by atoms with van der Waals surface area (Å²) < 4.78 is 0. The summed E-state index contributed by atoms with van der Waals surface area (Å²) in [6, 6.07) is 9.05. The fraction of sp³-hybridized carbons (Fsp3) is 0.588. The van der Waals surface area contributed by atoms with Crippen molar-refractivity contribution in [3.8, 4) is 0 Å². The molecule has 1 aromatic rings. The third-order valence-corrected chi connectivity index (χ3v) is 5.52. The Kier molecular flexibility index (Phi) is 4.55. The minimum Gasteiger partial charge on any atom is -0.330 e. The molecule has 2 atom stereocenters. The predicted octanol–water partition coefficient (Wildman–Crippen LogP) is 2.86. The maximum atomic E-state index is 12.8. The van der Waals surface area contributed by atoms with Crippen molar-refractivity contribution in [3.05, 3.63) is 35.4 Å². The first kappa shape index (κ1) is 14.9. The number of rotatable bonds is 4. The van der Waals surface area contributed by atoms with E-state index in [1.54, 1.807) is 0 Å². The molecular weight excluding hydrogens is 280 g/mol. The monoisotopic (exact) mass is 304 g/mol. The zero-order chi connectivity index (χ0) is 14.8. The molecule has 21 heavy (non-hydrogen) atoms. The zero-order valence-corrected chi connectivity index (χ0v) is 13.7. The lowest BCUT2D eigenvalue weighted by Crippen LogP contribution is -2.54. The third-order valence-electron chi connectivity index (χ3n) is 4.57. The van der Waals surface area contributed by atoms with E-state index in [1.807, 2.05) is 23.9 Å². The van der Waals surface area contributed by atoms with Crippen LogP contribution in [0.3, 0.4) is 0 Å². The summed E-state index contributed by atoms with van der Waals surface area (Å²) in [5.41, 5.74) is 2.15. The second-order valence-corrected chi connectivity index (χ2v) is 7.43. The largest absolute Gasteiger partial charge is 0.330 e. The van der Waals surface area contributed by atoms with Crippen LogP contribution in [0.15, 0.2) is 24.3 Å². The van der Waals surface area contributed by atoms with Gasteiger partial charge in [-0.25, -0.2) is 0 Å². The van der Waals surface area contributed by atoms with Crippen LogP contribution in [-0.2, 0) is 5.75 Å². The SMILES string of the molecule is CCSCc1ccc(C(=O)N2[C@H]3CC[C@H]2CN(C)C3)cc1. The van der Waals surface area contributed by atoms with Gasteiger partial charge in [-0.2, -0.15) is 11.8 Å². The van der Waals surface area contributed by atoms with Gasteiger partial charge in [-0.15, -0.1) is 0 Å². The van der Waals surface area contributed by atoms with Crippen LogP contribution >= 0.6 is 11.8 Å². The van der Waals surface area contributed by atoms with Crippen molar-refractivity contribution in [3.63, 3.8) is 0 Å². The zero-order valence-electron chi connectivity index (χ0n) is 12.9. The number of likely N-dealkylation sites (N-methyl/N-ethyl adjacent to an activating group) is 1. The van der Waals surface area contributed by atoms with Crippen LogP contribution in [0.2, 0.25) is 0 Å². The highest BCUT2D eigenvalue weighted by Crippen LogP contribution is 2.31. The molecule has 0 radical (unpaired) electrons. The fourth-order valence-corrected chi connectivity index (χ4v) is 4.19. The number of fused-ring (bicyclic) bond motifs is 2. The van der Waals surface area contributed by atoms with Gasteiger partial charge >= 0.3 is 0 Å². The molecule has 2 fully saturated rings. The number of amides is 1. The van der Waals surface area contributed by atoms with Gasteiger partial charge < -0.3 is 9.80 Å². The molecule has 2 bridgehead atoms. The lowest BCUT2D eigenvalue weighted by molar-refractivity contribution is 0.0473. The maximum absolute atomic E-state index is 12.8. The smallest absolute Gasteiger partial charge is 0.254 e.